The van der Waals surface area contributed by atoms with Crippen molar-refractivity contribution in [2.24, 2.45) is 0 Å². The Labute approximate surface area is 147 Å². The molecule has 5 nitrogen and oxygen atoms in total. The zero-order valence-electron chi connectivity index (χ0n) is 13.9. The molecule has 3 aromatic rings. The minimum absolute atomic E-state index is 0.232. The van der Waals surface area contributed by atoms with Crippen molar-refractivity contribution >= 4 is 16.7 Å². The van der Waals surface area contributed by atoms with Crippen molar-refractivity contribution < 1.29 is 22.6 Å². The molecule has 0 bridgehead atoms. The number of anilines is 1. The molecule has 1 aromatic heterocycles. The van der Waals surface area contributed by atoms with Crippen molar-refractivity contribution in [3.8, 4) is 11.5 Å². The Hall–Kier alpha value is -3.03. The average Bonchev–Trinajstić information content (AvgIpc) is 2.61. The monoisotopic (exact) mass is 363 g/mol. The maximum Gasteiger partial charge on any atom is 0.573 e. The molecule has 0 aliphatic heterocycles. The molecule has 2 aromatic carbocycles. The van der Waals surface area contributed by atoms with Crippen LogP contribution in [0.4, 0.5) is 19.0 Å². The van der Waals surface area contributed by atoms with E-state index in [0.29, 0.717) is 24.5 Å². The highest BCUT2D eigenvalue weighted by Gasteiger charge is 2.30. The average molecular weight is 363 g/mol. The summed E-state index contributed by atoms with van der Waals surface area (Å²) >= 11 is 0. The molecule has 0 fully saturated rings. The van der Waals surface area contributed by atoms with Gasteiger partial charge in [-0.1, -0.05) is 12.1 Å². The summed E-state index contributed by atoms with van der Waals surface area (Å²) in [5.41, 5.74) is 1.64. The van der Waals surface area contributed by atoms with Crippen LogP contribution in [0.3, 0.4) is 0 Å². The number of rotatable bonds is 6. The van der Waals surface area contributed by atoms with E-state index in [1.165, 1.54) is 18.5 Å². The highest BCUT2D eigenvalue weighted by atomic mass is 19.4. The first kappa shape index (κ1) is 17.8. The van der Waals surface area contributed by atoms with Gasteiger partial charge < -0.3 is 14.8 Å². The van der Waals surface area contributed by atoms with Gasteiger partial charge in [0, 0.05) is 18.0 Å². The lowest BCUT2D eigenvalue weighted by Crippen LogP contribution is -2.17. The third-order valence-corrected chi connectivity index (χ3v) is 3.71. The van der Waals surface area contributed by atoms with Crippen molar-refractivity contribution in [1.82, 2.24) is 9.97 Å². The second-order valence-corrected chi connectivity index (χ2v) is 5.47. The maximum absolute atomic E-state index is 12.2. The summed E-state index contributed by atoms with van der Waals surface area (Å²) in [4.78, 5) is 8.46. The quantitative estimate of drug-likeness (QED) is 0.712. The molecule has 0 saturated carbocycles. The highest BCUT2D eigenvalue weighted by molar-refractivity contribution is 5.89. The Morgan fingerprint density at radius 1 is 1.00 bits per heavy atom. The fourth-order valence-corrected chi connectivity index (χ4v) is 2.49. The van der Waals surface area contributed by atoms with Gasteiger partial charge in [-0.3, -0.25) is 0 Å². The number of nitrogens with zero attached hydrogens (tertiary/aromatic N) is 2. The minimum Gasteiger partial charge on any atom is -0.497 e. The summed E-state index contributed by atoms with van der Waals surface area (Å²) in [7, 11) is 1.59. The van der Waals surface area contributed by atoms with Crippen LogP contribution in [-0.2, 0) is 6.42 Å². The van der Waals surface area contributed by atoms with Gasteiger partial charge in [-0.2, -0.15) is 0 Å². The number of hydrogen-bond donors (Lipinski definition) is 1. The molecule has 0 atom stereocenters. The Kier molecular flexibility index (Phi) is 5.11. The first-order chi connectivity index (χ1) is 12.4. The number of fused-ring (bicyclic) bond motifs is 1. The number of aromatic nitrogens is 2. The molecule has 8 heteroatoms. The molecule has 1 heterocycles. The van der Waals surface area contributed by atoms with Crippen molar-refractivity contribution in [3.63, 3.8) is 0 Å². The Bertz CT molecular complexity index is 883. The molecule has 3 rings (SSSR count). The first-order valence-corrected chi connectivity index (χ1v) is 7.82. The summed E-state index contributed by atoms with van der Waals surface area (Å²) in [6, 6.07) is 11.3. The lowest BCUT2D eigenvalue weighted by atomic mass is 10.1. The molecule has 0 aliphatic rings. The van der Waals surface area contributed by atoms with Gasteiger partial charge in [-0.25, -0.2) is 9.97 Å². The van der Waals surface area contributed by atoms with E-state index >= 15 is 0 Å². The predicted molar refractivity (Wildman–Crippen MR) is 91.4 cm³/mol. The summed E-state index contributed by atoms with van der Waals surface area (Å²) < 4.78 is 45.5. The number of ether oxygens (including phenoxy) is 2. The summed E-state index contributed by atoms with van der Waals surface area (Å²) in [5, 5.41) is 4.09. The van der Waals surface area contributed by atoms with Crippen LogP contribution in [0, 0.1) is 0 Å². The zero-order valence-corrected chi connectivity index (χ0v) is 13.9. The van der Waals surface area contributed by atoms with E-state index < -0.39 is 6.36 Å². The van der Waals surface area contributed by atoms with Crippen LogP contribution in [0.1, 0.15) is 5.56 Å². The highest BCUT2D eigenvalue weighted by Crippen LogP contribution is 2.24. The van der Waals surface area contributed by atoms with E-state index in [4.69, 9.17) is 4.74 Å². The molecular formula is C18H16F3N3O2. The van der Waals surface area contributed by atoms with Crippen molar-refractivity contribution in [2.45, 2.75) is 12.8 Å². The molecule has 1 N–H and O–H groups in total. The molecular weight excluding hydrogens is 347 g/mol. The zero-order chi connectivity index (χ0) is 18.6. The van der Waals surface area contributed by atoms with Gasteiger partial charge in [0.25, 0.3) is 0 Å². The Morgan fingerprint density at radius 2 is 1.73 bits per heavy atom. The van der Waals surface area contributed by atoms with Gasteiger partial charge in [0.15, 0.2) is 0 Å². The first-order valence-electron chi connectivity index (χ1n) is 7.82. The fourth-order valence-electron chi connectivity index (χ4n) is 2.49. The predicted octanol–water partition coefficient (Wildman–Crippen LogP) is 4.19. The third kappa shape index (κ3) is 4.53. The second kappa shape index (κ2) is 7.47. The van der Waals surface area contributed by atoms with Gasteiger partial charge >= 0.3 is 6.36 Å². The number of hydrogen-bond acceptors (Lipinski definition) is 5. The number of nitrogens with one attached hydrogen (secondary N) is 1. The van der Waals surface area contributed by atoms with Gasteiger partial charge in [0.05, 0.1) is 12.6 Å². The number of benzene rings is 2. The molecule has 0 saturated heterocycles. The third-order valence-electron chi connectivity index (χ3n) is 3.71. The molecule has 26 heavy (non-hydrogen) atoms. The van der Waals surface area contributed by atoms with Crippen LogP contribution in [0.25, 0.3) is 10.9 Å². The van der Waals surface area contributed by atoms with Crippen LogP contribution in [-0.4, -0.2) is 30.0 Å². The number of halogens is 3. The molecule has 0 unspecified atom stereocenters. The van der Waals surface area contributed by atoms with E-state index in [1.54, 1.807) is 19.2 Å². The normalized spacial score (nSPS) is 11.4. The fraction of sp³-hybridized carbons (Fsp3) is 0.222. The molecule has 0 aliphatic carbocycles. The van der Waals surface area contributed by atoms with Crippen molar-refractivity contribution in [3.05, 3.63) is 54.4 Å². The van der Waals surface area contributed by atoms with Gasteiger partial charge in [-0.15, -0.1) is 13.2 Å². The minimum atomic E-state index is -4.68. The van der Waals surface area contributed by atoms with E-state index in [2.05, 4.69) is 20.0 Å². The lowest BCUT2D eigenvalue weighted by molar-refractivity contribution is -0.274. The molecule has 136 valence electrons. The lowest BCUT2D eigenvalue weighted by Gasteiger charge is -2.10. The Morgan fingerprint density at radius 3 is 2.42 bits per heavy atom. The van der Waals surface area contributed by atoms with Crippen LogP contribution in [0.2, 0.25) is 0 Å². The number of methoxy groups -OCH3 is 1. The maximum atomic E-state index is 12.2. The Balaban J connectivity index is 1.62. The summed E-state index contributed by atoms with van der Waals surface area (Å²) in [6.45, 7) is 0.567. The van der Waals surface area contributed by atoms with Crippen molar-refractivity contribution in [2.75, 3.05) is 19.0 Å². The van der Waals surface area contributed by atoms with Crippen LogP contribution >= 0.6 is 0 Å². The number of alkyl halides is 3. The van der Waals surface area contributed by atoms with Gasteiger partial charge in [0.1, 0.15) is 23.6 Å². The van der Waals surface area contributed by atoms with E-state index in [1.807, 2.05) is 18.2 Å². The van der Waals surface area contributed by atoms with Gasteiger partial charge in [-0.05, 0) is 36.2 Å². The largest absolute Gasteiger partial charge is 0.573 e. The van der Waals surface area contributed by atoms with Crippen LogP contribution in [0.5, 0.6) is 11.5 Å². The topological polar surface area (TPSA) is 56.3 Å². The molecule has 0 spiro atoms. The second-order valence-electron chi connectivity index (χ2n) is 5.47. The summed E-state index contributed by atoms with van der Waals surface area (Å²) in [6.07, 6.45) is -2.60. The van der Waals surface area contributed by atoms with Crippen LogP contribution in [0.15, 0.2) is 48.8 Å². The van der Waals surface area contributed by atoms with E-state index in [-0.39, 0.29) is 5.75 Å². The molecule has 0 amide bonds. The van der Waals surface area contributed by atoms with Crippen LogP contribution < -0.4 is 14.8 Å². The van der Waals surface area contributed by atoms with Gasteiger partial charge in [0.2, 0.25) is 0 Å². The van der Waals surface area contributed by atoms with E-state index in [9.17, 15) is 13.2 Å². The molecule has 0 radical (unpaired) electrons. The SMILES string of the molecule is COc1ccc2c(NCCc3ccc(OC(F)(F)F)cc3)ncnc2c1. The van der Waals surface area contributed by atoms with Crippen molar-refractivity contribution in [1.29, 1.82) is 0 Å². The standard InChI is InChI=1S/C18H16F3N3O2/c1-25-14-6-7-15-16(10-14)23-11-24-17(15)22-9-8-12-2-4-13(5-3-12)26-18(19,20)21/h2-7,10-11H,8-9H2,1H3,(H,22,23,24). The summed E-state index contributed by atoms with van der Waals surface area (Å²) in [5.74, 6) is 1.17. The smallest absolute Gasteiger partial charge is 0.497 e. The van der Waals surface area contributed by atoms with E-state index in [0.717, 1.165) is 16.5 Å².